The molecular formula is C13H18N4O2. The van der Waals surface area contributed by atoms with Crippen LogP contribution in [0.4, 0.5) is 4.79 Å². The summed E-state index contributed by atoms with van der Waals surface area (Å²) in [4.78, 5) is 25.6. The molecule has 0 bridgehead atoms. The number of nitrogens with zero attached hydrogens (tertiary/aromatic N) is 3. The molecule has 2 aliphatic rings. The number of hydrogen-bond acceptors (Lipinski definition) is 3. The summed E-state index contributed by atoms with van der Waals surface area (Å²) in [5.41, 5.74) is 0.273. The van der Waals surface area contributed by atoms with Crippen LogP contribution in [0, 0.1) is 11.8 Å². The van der Waals surface area contributed by atoms with Gasteiger partial charge in [0.2, 0.25) is 0 Å². The molecule has 3 rings (SSSR count). The summed E-state index contributed by atoms with van der Waals surface area (Å²) in [6.07, 6.45) is 5.31. The SMILES string of the molecule is CNC(=O)c1ccn(C(=O)N2CC3CCCC3C2)n1. The highest BCUT2D eigenvalue weighted by molar-refractivity contribution is 5.92. The van der Waals surface area contributed by atoms with Crippen molar-refractivity contribution in [1.82, 2.24) is 20.0 Å². The molecule has 6 heteroatoms. The van der Waals surface area contributed by atoms with Crippen LogP contribution in [0.3, 0.4) is 0 Å². The minimum atomic E-state index is -0.273. The van der Waals surface area contributed by atoms with Crippen molar-refractivity contribution in [2.75, 3.05) is 20.1 Å². The van der Waals surface area contributed by atoms with Crippen molar-refractivity contribution >= 4 is 11.9 Å². The van der Waals surface area contributed by atoms with Crippen LogP contribution in [-0.4, -0.2) is 46.8 Å². The summed E-state index contributed by atoms with van der Waals surface area (Å²) in [6, 6.07) is 1.44. The molecule has 6 nitrogen and oxygen atoms in total. The number of fused-ring (bicyclic) bond motifs is 1. The van der Waals surface area contributed by atoms with Gasteiger partial charge in [-0.1, -0.05) is 6.42 Å². The zero-order chi connectivity index (χ0) is 13.4. The van der Waals surface area contributed by atoms with Gasteiger partial charge < -0.3 is 10.2 Å². The van der Waals surface area contributed by atoms with Crippen LogP contribution < -0.4 is 5.32 Å². The van der Waals surface area contributed by atoms with E-state index in [4.69, 9.17) is 0 Å². The molecule has 2 unspecified atom stereocenters. The number of aromatic nitrogens is 2. The summed E-state index contributed by atoms with van der Waals surface area (Å²) in [7, 11) is 1.55. The molecule has 0 aromatic carbocycles. The molecule has 2 amide bonds. The van der Waals surface area contributed by atoms with Gasteiger partial charge in [0.1, 0.15) is 0 Å². The van der Waals surface area contributed by atoms with E-state index in [1.807, 2.05) is 4.90 Å². The predicted molar refractivity (Wildman–Crippen MR) is 68.8 cm³/mol. The Kier molecular flexibility index (Phi) is 3.00. The van der Waals surface area contributed by atoms with E-state index in [2.05, 4.69) is 10.4 Å². The van der Waals surface area contributed by atoms with Gasteiger partial charge in [-0.25, -0.2) is 4.79 Å². The fourth-order valence-corrected chi connectivity index (χ4v) is 3.22. The standard InChI is InChI=1S/C13H18N4O2/c1-14-12(18)11-5-6-17(15-11)13(19)16-7-9-3-2-4-10(9)8-16/h5-6,9-10H,2-4,7-8H2,1H3,(H,14,18). The van der Waals surface area contributed by atoms with Gasteiger partial charge in [0.25, 0.3) is 5.91 Å². The maximum atomic E-state index is 12.3. The topological polar surface area (TPSA) is 67.2 Å². The second-order valence-electron chi connectivity index (χ2n) is 5.36. The molecule has 19 heavy (non-hydrogen) atoms. The van der Waals surface area contributed by atoms with E-state index in [0.717, 1.165) is 13.1 Å². The minimum Gasteiger partial charge on any atom is -0.354 e. The lowest BCUT2D eigenvalue weighted by Crippen LogP contribution is -2.34. The first-order chi connectivity index (χ1) is 9.19. The van der Waals surface area contributed by atoms with Crippen LogP contribution >= 0.6 is 0 Å². The predicted octanol–water partition coefficient (Wildman–Crippen LogP) is 0.943. The van der Waals surface area contributed by atoms with Crippen molar-refractivity contribution in [2.24, 2.45) is 11.8 Å². The van der Waals surface area contributed by atoms with Gasteiger partial charge in [-0.15, -0.1) is 0 Å². The molecule has 1 aromatic rings. The van der Waals surface area contributed by atoms with Gasteiger partial charge in [0, 0.05) is 26.3 Å². The van der Waals surface area contributed by atoms with Gasteiger partial charge in [0.05, 0.1) is 0 Å². The van der Waals surface area contributed by atoms with Crippen molar-refractivity contribution in [1.29, 1.82) is 0 Å². The zero-order valence-corrected chi connectivity index (χ0v) is 11.0. The minimum absolute atomic E-state index is 0.121. The fourth-order valence-electron chi connectivity index (χ4n) is 3.22. The van der Waals surface area contributed by atoms with Gasteiger partial charge >= 0.3 is 6.03 Å². The highest BCUT2D eigenvalue weighted by atomic mass is 16.2. The number of carbonyl (C=O) groups is 2. The van der Waals surface area contributed by atoms with Crippen LogP contribution in [0.15, 0.2) is 12.3 Å². The molecule has 0 radical (unpaired) electrons. The van der Waals surface area contributed by atoms with Gasteiger partial charge in [0.15, 0.2) is 5.69 Å². The van der Waals surface area contributed by atoms with Crippen molar-refractivity contribution in [3.63, 3.8) is 0 Å². The van der Waals surface area contributed by atoms with E-state index in [9.17, 15) is 9.59 Å². The van der Waals surface area contributed by atoms with Crippen LogP contribution in [0.25, 0.3) is 0 Å². The van der Waals surface area contributed by atoms with Crippen LogP contribution in [-0.2, 0) is 0 Å². The van der Waals surface area contributed by atoms with E-state index in [1.54, 1.807) is 19.3 Å². The fraction of sp³-hybridized carbons (Fsp3) is 0.615. The Morgan fingerprint density at radius 1 is 1.32 bits per heavy atom. The summed E-state index contributed by atoms with van der Waals surface area (Å²) >= 11 is 0. The molecule has 2 atom stereocenters. The number of likely N-dealkylation sites (tertiary alicyclic amines) is 1. The van der Waals surface area contributed by atoms with Crippen molar-refractivity contribution in [2.45, 2.75) is 19.3 Å². The first-order valence-corrected chi connectivity index (χ1v) is 6.76. The first-order valence-electron chi connectivity index (χ1n) is 6.76. The Balaban J connectivity index is 1.70. The lowest BCUT2D eigenvalue weighted by atomic mass is 10.0. The lowest BCUT2D eigenvalue weighted by molar-refractivity contribution is 0.0957. The summed E-state index contributed by atoms with van der Waals surface area (Å²) < 4.78 is 1.27. The number of nitrogens with one attached hydrogen (secondary N) is 1. The third-order valence-electron chi connectivity index (χ3n) is 4.24. The molecule has 2 fully saturated rings. The summed E-state index contributed by atoms with van der Waals surface area (Å²) in [5, 5.41) is 6.53. The Hall–Kier alpha value is -1.85. The highest BCUT2D eigenvalue weighted by Crippen LogP contribution is 2.37. The summed E-state index contributed by atoms with van der Waals surface area (Å²) in [6.45, 7) is 1.66. The van der Waals surface area contributed by atoms with Crippen LogP contribution in [0.2, 0.25) is 0 Å². The van der Waals surface area contributed by atoms with E-state index in [-0.39, 0.29) is 17.6 Å². The largest absolute Gasteiger partial charge is 0.354 e. The monoisotopic (exact) mass is 262 g/mol. The maximum absolute atomic E-state index is 12.3. The number of amides is 2. The van der Waals surface area contributed by atoms with Crippen molar-refractivity contribution in [3.8, 4) is 0 Å². The number of carbonyl (C=O) groups excluding carboxylic acids is 2. The molecule has 1 aliphatic heterocycles. The molecule has 1 aromatic heterocycles. The molecule has 102 valence electrons. The van der Waals surface area contributed by atoms with Crippen LogP contribution in [0.1, 0.15) is 29.8 Å². The van der Waals surface area contributed by atoms with Gasteiger partial charge in [-0.3, -0.25) is 4.79 Å². The smallest absolute Gasteiger partial charge is 0.344 e. The average molecular weight is 262 g/mol. The van der Waals surface area contributed by atoms with E-state index in [0.29, 0.717) is 11.8 Å². The maximum Gasteiger partial charge on any atom is 0.344 e. The molecule has 1 N–H and O–H groups in total. The van der Waals surface area contributed by atoms with Crippen molar-refractivity contribution in [3.05, 3.63) is 18.0 Å². The van der Waals surface area contributed by atoms with E-state index < -0.39 is 0 Å². The molecule has 1 saturated heterocycles. The Morgan fingerprint density at radius 3 is 2.63 bits per heavy atom. The van der Waals surface area contributed by atoms with Crippen LogP contribution in [0.5, 0.6) is 0 Å². The first kappa shape index (κ1) is 12.2. The highest BCUT2D eigenvalue weighted by Gasteiger charge is 2.38. The quantitative estimate of drug-likeness (QED) is 0.819. The van der Waals surface area contributed by atoms with Crippen molar-refractivity contribution < 1.29 is 9.59 Å². The third kappa shape index (κ3) is 2.11. The molecule has 0 spiro atoms. The third-order valence-corrected chi connectivity index (χ3v) is 4.24. The second-order valence-corrected chi connectivity index (χ2v) is 5.36. The molecule has 1 saturated carbocycles. The average Bonchev–Trinajstić information content (AvgIpc) is 3.10. The molecule has 2 heterocycles. The molecule has 1 aliphatic carbocycles. The normalized spacial score (nSPS) is 25.4. The lowest BCUT2D eigenvalue weighted by Gasteiger charge is -2.16. The molecular weight excluding hydrogens is 244 g/mol. The van der Waals surface area contributed by atoms with E-state index in [1.165, 1.54) is 23.9 Å². The van der Waals surface area contributed by atoms with Gasteiger partial charge in [-0.2, -0.15) is 9.78 Å². The summed E-state index contributed by atoms with van der Waals surface area (Å²) in [5.74, 6) is 1.06. The van der Waals surface area contributed by atoms with Gasteiger partial charge in [-0.05, 0) is 30.7 Å². The Morgan fingerprint density at radius 2 is 2.00 bits per heavy atom. The number of hydrogen-bond donors (Lipinski definition) is 1. The second kappa shape index (κ2) is 4.68. The number of rotatable bonds is 1. The van der Waals surface area contributed by atoms with E-state index >= 15 is 0 Å². The zero-order valence-electron chi connectivity index (χ0n) is 11.0. The Bertz CT molecular complexity index is 498. The Labute approximate surface area is 111 Å².